The lowest BCUT2D eigenvalue weighted by Crippen LogP contribution is -2.09. The van der Waals surface area contributed by atoms with Crippen LogP contribution in [-0.2, 0) is 0 Å². The van der Waals surface area contributed by atoms with E-state index in [1.807, 2.05) is 12.1 Å². The topological polar surface area (TPSA) is 29.3 Å². The lowest BCUT2D eigenvalue weighted by atomic mass is 10.0. The highest BCUT2D eigenvalue weighted by molar-refractivity contribution is 7.19. The minimum absolute atomic E-state index is 0.874. The molecule has 47 heavy (non-hydrogen) atoms. The van der Waals surface area contributed by atoms with Gasteiger partial charge in [-0.25, -0.2) is 4.98 Å². The fourth-order valence-electron chi connectivity index (χ4n) is 7.02. The summed E-state index contributed by atoms with van der Waals surface area (Å²) >= 11 is 1.78. The van der Waals surface area contributed by atoms with Crippen molar-refractivity contribution in [1.29, 1.82) is 0 Å². The Kier molecular flexibility index (Phi) is 5.74. The summed E-state index contributed by atoms with van der Waals surface area (Å²) in [4.78, 5) is 8.73. The van der Waals surface area contributed by atoms with Crippen LogP contribution in [0.5, 0.6) is 0 Å². The van der Waals surface area contributed by atoms with Gasteiger partial charge in [-0.15, -0.1) is 11.3 Å². The third-order valence-corrected chi connectivity index (χ3v) is 10.4. The van der Waals surface area contributed by atoms with Crippen molar-refractivity contribution in [2.24, 2.45) is 0 Å². The lowest BCUT2D eigenvalue weighted by molar-refractivity contribution is 0.669. The Morgan fingerprint density at radius 1 is 0.489 bits per heavy atom. The van der Waals surface area contributed by atoms with Gasteiger partial charge in [-0.3, -0.25) is 0 Å². The van der Waals surface area contributed by atoms with Gasteiger partial charge in [0.25, 0.3) is 0 Å². The maximum Gasteiger partial charge on any atom is 0.137 e. The number of anilines is 3. The van der Waals surface area contributed by atoms with Gasteiger partial charge in [-0.05, 0) is 76.5 Å². The van der Waals surface area contributed by atoms with Crippen LogP contribution in [-0.4, -0.2) is 4.98 Å². The molecule has 0 N–H and O–H groups in total. The minimum atomic E-state index is 0.874. The van der Waals surface area contributed by atoms with Crippen LogP contribution in [0.3, 0.4) is 0 Å². The van der Waals surface area contributed by atoms with Crippen molar-refractivity contribution in [2.45, 2.75) is 0 Å². The molecule has 2 aromatic heterocycles. The number of fused-ring (bicyclic) bond motifs is 6. The molecule has 0 aliphatic heterocycles. The molecule has 0 fully saturated rings. The second-order valence-corrected chi connectivity index (χ2v) is 13.0. The van der Waals surface area contributed by atoms with Crippen LogP contribution in [0.1, 0.15) is 0 Å². The van der Waals surface area contributed by atoms with Crippen molar-refractivity contribution < 1.29 is 4.42 Å². The molecule has 0 spiro atoms. The van der Waals surface area contributed by atoms with Crippen molar-refractivity contribution in [1.82, 2.24) is 4.98 Å². The summed E-state index contributed by atoms with van der Waals surface area (Å²) in [6.07, 6.45) is 0. The van der Waals surface area contributed by atoms with E-state index in [1.165, 1.54) is 37.9 Å². The Bertz CT molecular complexity index is 2560. The van der Waals surface area contributed by atoms with E-state index in [0.29, 0.717) is 0 Å². The van der Waals surface area contributed by atoms with Gasteiger partial charge in [-0.2, -0.15) is 0 Å². The zero-order chi connectivity index (χ0) is 30.9. The monoisotopic (exact) mass is 618 g/mol. The number of benzene rings is 7. The second kappa shape index (κ2) is 10.3. The molecule has 7 aromatic carbocycles. The highest BCUT2D eigenvalue weighted by atomic mass is 32.1. The Hall–Kier alpha value is -5.97. The van der Waals surface area contributed by atoms with E-state index in [2.05, 4.69) is 150 Å². The first kappa shape index (κ1) is 26.3. The highest BCUT2D eigenvalue weighted by Crippen LogP contribution is 2.51. The van der Waals surface area contributed by atoms with Gasteiger partial charge in [0.05, 0.1) is 10.6 Å². The predicted octanol–water partition coefficient (Wildman–Crippen LogP) is 12.6. The summed E-state index contributed by atoms with van der Waals surface area (Å²) in [6.45, 7) is 0. The Morgan fingerprint density at radius 2 is 1.13 bits per heavy atom. The molecule has 0 saturated heterocycles. The van der Waals surface area contributed by atoms with Crippen molar-refractivity contribution in [3.8, 4) is 43.4 Å². The maximum absolute atomic E-state index is 6.31. The quantitative estimate of drug-likeness (QED) is 0.192. The number of thiazole rings is 1. The van der Waals surface area contributed by atoms with Gasteiger partial charge in [0.2, 0.25) is 0 Å². The van der Waals surface area contributed by atoms with E-state index in [-0.39, 0.29) is 0 Å². The molecule has 10 rings (SSSR count). The average molecular weight is 619 g/mol. The Labute approximate surface area is 275 Å². The SMILES string of the molecule is c1ccc(-c2ccc(N(c3ccc(-c4nc5c(s4)-c4cccc6cccc-5c46)cc3)c3ccc4c(c3)oc3ccccc34)cc2)cc1. The van der Waals surface area contributed by atoms with Gasteiger partial charge in [-0.1, -0.05) is 97.1 Å². The van der Waals surface area contributed by atoms with Crippen molar-refractivity contribution in [3.63, 3.8) is 0 Å². The molecule has 2 heterocycles. The van der Waals surface area contributed by atoms with Crippen LogP contribution >= 0.6 is 11.3 Å². The van der Waals surface area contributed by atoms with E-state index < -0.39 is 0 Å². The molecule has 0 unspecified atom stereocenters. The summed E-state index contributed by atoms with van der Waals surface area (Å²) in [6, 6.07) is 55.9. The minimum Gasteiger partial charge on any atom is -0.456 e. The van der Waals surface area contributed by atoms with Gasteiger partial charge in [0, 0.05) is 50.6 Å². The lowest BCUT2D eigenvalue weighted by Gasteiger charge is -2.26. The molecular weight excluding hydrogens is 593 g/mol. The highest BCUT2D eigenvalue weighted by Gasteiger charge is 2.26. The molecular formula is C43H26N2OS. The maximum atomic E-state index is 6.31. The summed E-state index contributed by atoms with van der Waals surface area (Å²) in [5.74, 6) is 0. The van der Waals surface area contributed by atoms with Crippen LogP contribution < -0.4 is 4.90 Å². The summed E-state index contributed by atoms with van der Waals surface area (Å²) in [5, 5.41) is 5.88. The van der Waals surface area contributed by atoms with Crippen LogP contribution in [0, 0.1) is 0 Å². The fourth-order valence-corrected chi connectivity index (χ4v) is 8.14. The van der Waals surface area contributed by atoms with Crippen LogP contribution in [0.4, 0.5) is 17.1 Å². The molecule has 4 heteroatoms. The summed E-state index contributed by atoms with van der Waals surface area (Å²) < 4.78 is 6.31. The first-order chi connectivity index (χ1) is 23.3. The van der Waals surface area contributed by atoms with Gasteiger partial charge in [0.15, 0.2) is 0 Å². The summed E-state index contributed by atoms with van der Waals surface area (Å²) in [5.41, 5.74) is 12.1. The Balaban J connectivity index is 1.06. The van der Waals surface area contributed by atoms with Gasteiger partial charge >= 0.3 is 0 Å². The molecule has 9 aromatic rings. The van der Waals surface area contributed by atoms with Crippen molar-refractivity contribution in [2.75, 3.05) is 4.90 Å². The zero-order valence-corrected chi connectivity index (χ0v) is 26.0. The van der Waals surface area contributed by atoms with Crippen LogP contribution in [0.15, 0.2) is 162 Å². The number of furan rings is 1. The molecule has 0 bridgehead atoms. The molecule has 0 amide bonds. The van der Waals surface area contributed by atoms with Crippen molar-refractivity contribution >= 4 is 61.1 Å². The van der Waals surface area contributed by atoms with Gasteiger partial charge in [0.1, 0.15) is 16.2 Å². The third-order valence-electron chi connectivity index (χ3n) is 9.26. The number of rotatable bonds is 5. The smallest absolute Gasteiger partial charge is 0.137 e. The normalized spacial score (nSPS) is 11.8. The first-order valence-corrected chi connectivity index (χ1v) is 16.6. The number of aromatic nitrogens is 1. The molecule has 3 nitrogen and oxygen atoms in total. The number of para-hydroxylation sites is 1. The molecule has 1 aliphatic rings. The number of hydrogen-bond donors (Lipinski definition) is 0. The predicted molar refractivity (Wildman–Crippen MR) is 197 cm³/mol. The largest absolute Gasteiger partial charge is 0.456 e. The van der Waals surface area contributed by atoms with E-state index in [0.717, 1.165) is 55.3 Å². The third kappa shape index (κ3) is 4.16. The molecule has 220 valence electrons. The van der Waals surface area contributed by atoms with Crippen LogP contribution in [0.2, 0.25) is 0 Å². The molecule has 1 aliphatic carbocycles. The van der Waals surface area contributed by atoms with E-state index in [1.54, 1.807) is 11.3 Å². The zero-order valence-electron chi connectivity index (χ0n) is 25.2. The second-order valence-electron chi connectivity index (χ2n) is 12.0. The van der Waals surface area contributed by atoms with E-state index in [4.69, 9.17) is 9.40 Å². The summed E-state index contributed by atoms with van der Waals surface area (Å²) in [7, 11) is 0. The Morgan fingerprint density at radius 3 is 1.91 bits per heavy atom. The number of nitrogens with zero attached hydrogens (tertiary/aromatic N) is 2. The molecule has 0 atom stereocenters. The van der Waals surface area contributed by atoms with Crippen LogP contribution in [0.25, 0.3) is 76.1 Å². The van der Waals surface area contributed by atoms with Crippen molar-refractivity contribution in [3.05, 3.63) is 158 Å². The van der Waals surface area contributed by atoms with E-state index >= 15 is 0 Å². The fraction of sp³-hybridized carbons (Fsp3) is 0. The number of hydrogen-bond acceptors (Lipinski definition) is 4. The van der Waals surface area contributed by atoms with E-state index in [9.17, 15) is 0 Å². The average Bonchev–Trinajstić information content (AvgIpc) is 3.82. The molecule has 0 saturated carbocycles. The van der Waals surface area contributed by atoms with Gasteiger partial charge < -0.3 is 9.32 Å². The first-order valence-electron chi connectivity index (χ1n) is 15.8. The molecule has 0 radical (unpaired) electrons. The standard InChI is InChI=1S/C43H26N2OS/c1-2-8-27(9-3-1)28-16-20-31(21-17-28)45(33-24-25-35-34-12-4-5-15-38(34)46-39(35)26-33)32-22-18-30(19-23-32)43-44-41-36-13-6-10-29-11-7-14-37(40(29)36)42(41)47-43/h1-26H.